The van der Waals surface area contributed by atoms with Crippen LogP contribution in [0.25, 0.3) is 0 Å². The van der Waals surface area contributed by atoms with Crippen molar-refractivity contribution in [3.63, 3.8) is 0 Å². The molecule has 1 aromatic rings. The Morgan fingerprint density at radius 3 is 2.22 bits per heavy atom. The van der Waals surface area contributed by atoms with Gasteiger partial charge in [0.05, 0.1) is 5.56 Å². The average Bonchev–Trinajstić information content (AvgIpc) is 2.72. The summed E-state index contributed by atoms with van der Waals surface area (Å²) in [5.74, 6) is -5.67. The van der Waals surface area contributed by atoms with Gasteiger partial charge in [0.1, 0.15) is 28.6 Å². The van der Waals surface area contributed by atoms with Crippen LogP contribution in [0, 0.1) is 22.7 Å². The van der Waals surface area contributed by atoms with E-state index in [4.69, 9.17) is 0 Å². The largest absolute Gasteiger partial charge is 0.511 e. The van der Waals surface area contributed by atoms with Crippen molar-refractivity contribution in [3.8, 4) is 5.75 Å². The first-order valence-corrected chi connectivity index (χ1v) is 12.1. The topological polar surface area (TPSA) is 149 Å². The lowest BCUT2D eigenvalue weighted by Gasteiger charge is -2.59. The number of phenolic OH excluding ortho intramolecular Hbond substituents is 1. The quantitative estimate of drug-likeness (QED) is 0.463. The normalized spacial score (nSPS) is 31.8. The molecule has 0 aromatic heterocycles. The molecule has 0 radical (unpaired) electrons. The molecule has 3 aliphatic rings. The second-order valence-electron chi connectivity index (χ2n) is 11.4. The van der Waals surface area contributed by atoms with Crippen LogP contribution >= 0.6 is 0 Å². The lowest BCUT2D eigenvalue weighted by molar-refractivity contribution is -0.171. The van der Waals surface area contributed by atoms with E-state index in [1.54, 1.807) is 39.8 Å². The number of hydrogen-bond acceptors (Lipinski definition) is 8. The van der Waals surface area contributed by atoms with Crippen LogP contribution in [0.2, 0.25) is 0 Å². The van der Waals surface area contributed by atoms with Crippen LogP contribution < -0.4 is 0 Å². The van der Waals surface area contributed by atoms with Crippen LogP contribution in [0.15, 0.2) is 34.8 Å². The molecule has 1 aromatic carbocycles. The number of allylic oxidation sites excluding steroid dienone is 2. The molecule has 0 saturated heterocycles. The highest BCUT2D eigenvalue weighted by molar-refractivity contribution is 6.25. The highest BCUT2D eigenvalue weighted by Crippen LogP contribution is 2.65. The van der Waals surface area contributed by atoms with Crippen molar-refractivity contribution in [2.75, 3.05) is 0 Å². The maximum Gasteiger partial charge on any atom is 0.209 e. The maximum absolute atomic E-state index is 13.8. The number of aliphatic hydroxyl groups excluding tert-OH is 2. The van der Waals surface area contributed by atoms with E-state index in [9.17, 15) is 39.6 Å². The summed E-state index contributed by atoms with van der Waals surface area (Å²) in [6, 6.07) is 3.26. The first-order valence-electron chi connectivity index (χ1n) is 12.1. The van der Waals surface area contributed by atoms with Gasteiger partial charge in [0.2, 0.25) is 5.78 Å². The predicted octanol–water partition coefficient (Wildman–Crippen LogP) is 3.48. The van der Waals surface area contributed by atoms with Crippen LogP contribution in [0.3, 0.4) is 0 Å². The molecule has 4 rings (SSSR count). The van der Waals surface area contributed by atoms with Crippen molar-refractivity contribution < 1.29 is 39.6 Å². The van der Waals surface area contributed by atoms with Gasteiger partial charge in [-0.2, -0.15) is 0 Å². The number of aromatic hydroxyl groups is 1. The number of benzene rings is 1. The zero-order valence-electron chi connectivity index (χ0n) is 21.4. The molecule has 1 unspecified atom stereocenters. The molecular formula is C28H32O8. The van der Waals surface area contributed by atoms with Gasteiger partial charge in [0.15, 0.2) is 17.2 Å². The van der Waals surface area contributed by atoms with E-state index in [0.717, 1.165) is 6.92 Å². The van der Waals surface area contributed by atoms with Crippen LogP contribution in [0.1, 0.15) is 69.4 Å². The van der Waals surface area contributed by atoms with Gasteiger partial charge in [-0.3, -0.25) is 19.2 Å². The molecule has 8 heteroatoms. The van der Waals surface area contributed by atoms with Gasteiger partial charge in [-0.25, -0.2) is 0 Å². The van der Waals surface area contributed by atoms with Crippen LogP contribution in [-0.4, -0.2) is 49.2 Å². The summed E-state index contributed by atoms with van der Waals surface area (Å²) in [6.07, 6.45) is 0.161. The zero-order valence-corrected chi connectivity index (χ0v) is 21.4. The van der Waals surface area contributed by atoms with Gasteiger partial charge < -0.3 is 20.4 Å². The third-order valence-electron chi connectivity index (χ3n) is 8.40. The summed E-state index contributed by atoms with van der Waals surface area (Å²) >= 11 is 0. The Balaban J connectivity index is 2.03. The molecule has 0 fully saturated rings. The van der Waals surface area contributed by atoms with E-state index < -0.39 is 56.8 Å². The number of fused-ring (bicyclic) bond motifs is 3. The fourth-order valence-corrected chi connectivity index (χ4v) is 7.18. The molecule has 3 aliphatic carbocycles. The number of Topliss-reactive ketones (excluding diaryl/α,β-unsaturated/α-hetero) is 4. The third-order valence-corrected chi connectivity index (χ3v) is 8.40. The van der Waals surface area contributed by atoms with E-state index in [0.29, 0.717) is 5.56 Å². The van der Waals surface area contributed by atoms with Crippen molar-refractivity contribution in [1.29, 1.82) is 0 Å². The van der Waals surface area contributed by atoms with Crippen molar-refractivity contribution >= 4 is 23.1 Å². The monoisotopic (exact) mass is 496 g/mol. The summed E-state index contributed by atoms with van der Waals surface area (Å²) < 4.78 is 0. The minimum absolute atomic E-state index is 0.0425. The summed E-state index contributed by atoms with van der Waals surface area (Å²) in [5, 5.41) is 45.5. The number of hydrogen-bond donors (Lipinski definition) is 4. The van der Waals surface area contributed by atoms with Crippen LogP contribution in [-0.2, 0) is 27.2 Å². The van der Waals surface area contributed by atoms with Gasteiger partial charge in [-0.15, -0.1) is 0 Å². The molecule has 0 bridgehead atoms. The summed E-state index contributed by atoms with van der Waals surface area (Å²) in [7, 11) is 0. The van der Waals surface area contributed by atoms with Crippen molar-refractivity contribution in [2.45, 2.75) is 66.4 Å². The zero-order chi connectivity index (χ0) is 27.1. The molecule has 8 nitrogen and oxygen atoms in total. The molecule has 4 atom stereocenters. The molecule has 0 heterocycles. The fourth-order valence-electron chi connectivity index (χ4n) is 7.18. The number of aliphatic hydroxyl groups is 3. The Bertz CT molecular complexity index is 1310. The first kappa shape index (κ1) is 25.8. The third kappa shape index (κ3) is 3.09. The van der Waals surface area contributed by atoms with E-state index >= 15 is 0 Å². The molecule has 0 spiro atoms. The van der Waals surface area contributed by atoms with E-state index in [-0.39, 0.29) is 53.4 Å². The molecule has 192 valence electrons. The Morgan fingerprint density at radius 1 is 1.08 bits per heavy atom. The summed E-state index contributed by atoms with van der Waals surface area (Å²) in [6.45, 7) is 9.37. The SMILES string of the molecule is CC(=O)Cc1ccc2c(c1O)C(=O)C1=C(O)[C@@]3(O)C(=O)C(C(C)=O)=C(O)C(C(C)C)[C@@]3(C)C[C@@]1(C)C2. The lowest BCUT2D eigenvalue weighted by atomic mass is 9.44. The molecule has 4 N–H and O–H groups in total. The maximum atomic E-state index is 13.8. The van der Waals surface area contributed by atoms with E-state index in [1.165, 1.54) is 6.92 Å². The Kier molecular flexibility index (Phi) is 5.64. The van der Waals surface area contributed by atoms with Crippen molar-refractivity contribution in [2.24, 2.45) is 22.7 Å². The number of phenols is 1. The molecule has 0 saturated carbocycles. The van der Waals surface area contributed by atoms with Crippen molar-refractivity contribution in [3.05, 3.63) is 51.5 Å². The fraction of sp³-hybridized carbons (Fsp3) is 0.500. The summed E-state index contributed by atoms with van der Waals surface area (Å²) in [5.41, 5.74) is -5.21. The Morgan fingerprint density at radius 2 is 1.69 bits per heavy atom. The second kappa shape index (κ2) is 7.87. The number of carbonyl (C=O) groups excluding carboxylic acids is 4. The van der Waals surface area contributed by atoms with Crippen molar-refractivity contribution in [1.82, 2.24) is 0 Å². The van der Waals surface area contributed by atoms with Gasteiger partial charge in [0.25, 0.3) is 0 Å². The lowest BCUT2D eigenvalue weighted by Crippen LogP contribution is -2.67. The minimum Gasteiger partial charge on any atom is -0.511 e. The Hall–Kier alpha value is -3.26. The van der Waals surface area contributed by atoms with Gasteiger partial charge in [0, 0.05) is 34.3 Å². The van der Waals surface area contributed by atoms with Gasteiger partial charge in [-0.1, -0.05) is 39.8 Å². The standard InChI is InChI=1S/C28H32O8/c1-12(2)19-22(32)17(14(4)30)24(34)28(36)25(35)20-23(33)18-16(10-26(20,5)11-27(19,28)6)8-7-15(21(18)31)9-13(3)29/h7-8,12,19,31-32,35-36H,9-11H2,1-6H3/t19?,26-,27-,28+/m1/s1. The highest BCUT2D eigenvalue weighted by Gasteiger charge is 2.71. The van der Waals surface area contributed by atoms with Crippen LogP contribution in [0.5, 0.6) is 5.75 Å². The van der Waals surface area contributed by atoms with E-state index in [2.05, 4.69) is 0 Å². The van der Waals surface area contributed by atoms with Gasteiger partial charge in [-0.05, 0) is 38.2 Å². The highest BCUT2D eigenvalue weighted by atomic mass is 16.3. The smallest absolute Gasteiger partial charge is 0.209 e. The first-order chi connectivity index (χ1) is 16.5. The molecule has 0 amide bonds. The number of rotatable bonds is 4. The second-order valence-corrected chi connectivity index (χ2v) is 11.4. The van der Waals surface area contributed by atoms with Gasteiger partial charge >= 0.3 is 0 Å². The van der Waals surface area contributed by atoms with Crippen LogP contribution in [0.4, 0.5) is 0 Å². The molecular weight excluding hydrogens is 464 g/mol. The number of ketones is 4. The van der Waals surface area contributed by atoms with E-state index in [1.807, 2.05) is 0 Å². The Labute approximate surface area is 209 Å². The molecule has 36 heavy (non-hydrogen) atoms. The summed E-state index contributed by atoms with van der Waals surface area (Å²) in [4.78, 5) is 51.5. The minimum atomic E-state index is -2.64. The average molecular weight is 497 g/mol. The molecule has 0 aliphatic heterocycles. The number of carbonyl (C=O) groups is 4. The predicted molar refractivity (Wildman–Crippen MR) is 130 cm³/mol.